The van der Waals surface area contributed by atoms with Crippen molar-refractivity contribution < 1.29 is 4.74 Å². The van der Waals surface area contributed by atoms with Crippen LogP contribution in [0.2, 0.25) is 0 Å². The maximum Gasteiger partial charge on any atom is 0.138 e. The molecule has 0 bridgehead atoms. The van der Waals surface area contributed by atoms with Crippen LogP contribution in [0.5, 0.6) is 5.75 Å². The predicted octanol–water partition coefficient (Wildman–Crippen LogP) is 4.23. The SMILES string of the molecule is Brc1csc(CNCCOc2cnc3ccccc3c2)c1. The first-order chi connectivity index (χ1) is 10.3. The van der Waals surface area contributed by atoms with Gasteiger partial charge >= 0.3 is 0 Å². The Labute approximate surface area is 136 Å². The lowest BCUT2D eigenvalue weighted by Gasteiger charge is -2.07. The third-order valence-corrected chi connectivity index (χ3v) is 4.73. The summed E-state index contributed by atoms with van der Waals surface area (Å²) in [4.78, 5) is 5.70. The summed E-state index contributed by atoms with van der Waals surface area (Å²) in [6, 6.07) is 12.2. The number of pyridine rings is 1. The third-order valence-electron chi connectivity index (χ3n) is 3.03. The molecule has 21 heavy (non-hydrogen) atoms. The van der Waals surface area contributed by atoms with Crippen LogP contribution in [0, 0.1) is 0 Å². The van der Waals surface area contributed by atoms with Crippen molar-refractivity contribution in [2.75, 3.05) is 13.2 Å². The molecule has 3 aromatic rings. The van der Waals surface area contributed by atoms with E-state index in [0.717, 1.165) is 34.2 Å². The zero-order chi connectivity index (χ0) is 14.5. The summed E-state index contributed by atoms with van der Waals surface area (Å²) in [5, 5.41) is 6.56. The Hall–Kier alpha value is -1.43. The standard InChI is InChI=1S/C16H15BrN2OS/c17-13-8-15(21-11-13)10-18-5-6-20-14-7-12-3-1-2-4-16(12)19-9-14/h1-4,7-9,11,18H,5-6,10H2. The van der Waals surface area contributed by atoms with Gasteiger partial charge in [-0.2, -0.15) is 0 Å². The van der Waals surface area contributed by atoms with Crippen molar-refractivity contribution in [1.29, 1.82) is 0 Å². The molecule has 0 radical (unpaired) electrons. The number of hydrogen-bond donors (Lipinski definition) is 1. The van der Waals surface area contributed by atoms with Crippen molar-refractivity contribution in [2.24, 2.45) is 0 Å². The van der Waals surface area contributed by atoms with Gasteiger partial charge in [0.1, 0.15) is 12.4 Å². The fourth-order valence-corrected chi connectivity index (χ4v) is 3.45. The Morgan fingerprint density at radius 2 is 2.14 bits per heavy atom. The maximum atomic E-state index is 5.73. The molecule has 2 heterocycles. The molecule has 108 valence electrons. The summed E-state index contributed by atoms with van der Waals surface area (Å²) in [5.41, 5.74) is 0.992. The summed E-state index contributed by atoms with van der Waals surface area (Å²) < 4.78 is 6.87. The van der Waals surface area contributed by atoms with Gasteiger partial charge in [-0.25, -0.2) is 0 Å². The molecule has 0 fully saturated rings. The molecule has 0 unspecified atom stereocenters. The second-order valence-electron chi connectivity index (χ2n) is 4.62. The Balaban J connectivity index is 1.46. The number of hydrogen-bond acceptors (Lipinski definition) is 4. The summed E-state index contributed by atoms with van der Waals surface area (Å²) in [5.74, 6) is 0.814. The van der Waals surface area contributed by atoms with Crippen molar-refractivity contribution in [1.82, 2.24) is 10.3 Å². The van der Waals surface area contributed by atoms with E-state index in [2.05, 4.69) is 37.7 Å². The lowest BCUT2D eigenvalue weighted by atomic mass is 10.2. The van der Waals surface area contributed by atoms with Crippen LogP contribution >= 0.6 is 27.3 Å². The Kier molecular flexibility index (Phi) is 4.85. The van der Waals surface area contributed by atoms with Gasteiger partial charge in [-0.1, -0.05) is 18.2 Å². The predicted molar refractivity (Wildman–Crippen MR) is 91.0 cm³/mol. The molecule has 0 atom stereocenters. The van der Waals surface area contributed by atoms with Gasteiger partial charge in [-0.15, -0.1) is 11.3 Å². The monoisotopic (exact) mass is 362 g/mol. The number of halogens is 1. The van der Waals surface area contributed by atoms with E-state index in [4.69, 9.17) is 4.74 Å². The van der Waals surface area contributed by atoms with Gasteiger partial charge in [-0.05, 0) is 34.1 Å². The number of nitrogens with zero attached hydrogens (tertiary/aromatic N) is 1. The fourth-order valence-electron chi connectivity index (χ4n) is 2.03. The molecule has 1 N–H and O–H groups in total. The number of nitrogens with one attached hydrogen (secondary N) is 1. The number of fused-ring (bicyclic) bond motifs is 1. The summed E-state index contributed by atoms with van der Waals surface area (Å²) in [6.45, 7) is 2.31. The third kappa shape index (κ3) is 4.03. The molecule has 0 aliphatic carbocycles. The molecule has 0 aliphatic rings. The average molecular weight is 363 g/mol. The Bertz CT molecular complexity index is 729. The minimum atomic E-state index is 0.632. The highest BCUT2D eigenvalue weighted by atomic mass is 79.9. The molecule has 3 rings (SSSR count). The van der Waals surface area contributed by atoms with Crippen molar-refractivity contribution >= 4 is 38.2 Å². The van der Waals surface area contributed by atoms with E-state index >= 15 is 0 Å². The number of ether oxygens (including phenoxy) is 1. The normalized spacial score (nSPS) is 10.9. The summed E-state index contributed by atoms with van der Waals surface area (Å²) in [7, 11) is 0. The topological polar surface area (TPSA) is 34.1 Å². The van der Waals surface area contributed by atoms with Crippen LogP contribution in [-0.4, -0.2) is 18.1 Å². The van der Waals surface area contributed by atoms with Gasteiger partial charge in [0.25, 0.3) is 0 Å². The van der Waals surface area contributed by atoms with E-state index in [0.29, 0.717) is 6.61 Å². The van der Waals surface area contributed by atoms with Crippen LogP contribution in [0.15, 0.2) is 52.4 Å². The lowest BCUT2D eigenvalue weighted by Crippen LogP contribution is -2.20. The zero-order valence-corrected chi connectivity index (χ0v) is 13.8. The smallest absolute Gasteiger partial charge is 0.138 e. The van der Waals surface area contributed by atoms with E-state index in [1.54, 1.807) is 17.5 Å². The van der Waals surface area contributed by atoms with E-state index in [1.165, 1.54) is 4.88 Å². The minimum absolute atomic E-state index is 0.632. The van der Waals surface area contributed by atoms with Crippen LogP contribution in [0.4, 0.5) is 0 Å². The number of benzene rings is 1. The summed E-state index contributed by atoms with van der Waals surface area (Å²) in [6.07, 6.45) is 1.78. The first-order valence-corrected chi connectivity index (χ1v) is 8.40. The second-order valence-corrected chi connectivity index (χ2v) is 6.53. The van der Waals surface area contributed by atoms with E-state index < -0.39 is 0 Å². The molecule has 0 saturated heterocycles. The van der Waals surface area contributed by atoms with E-state index in [-0.39, 0.29) is 0 Å². The molecular weight excluding hydrogens is 348 g/mol. The first kappa shape index (κ1) is 14.5. The van der Waals surface area contributed by atoms with Crippen LogP contribution in [0.3, 0.4) is 0 Å². The fraction of sp³-hybridized carbons (Fsp3) is 0.188. The molecule has 0 amide bonds. The van der Waals surface area contributed by atoms with Crippen LogP contribution in [0.1, 0.15) is 4.88 Å². The quantitative estimate of drug-likeness (QED) is 0.666. The highest BCUT2D eigenvalue weighted by Crippen LogP contribution is 2.19. The Morgan fingerprint density at radius 1 is 1.24 bits per heavy atom. The molecule has 3 nitrogen and oxygen atoms in total. The van der Waals surface area contributed by atoms with Crippen molar-refractivity contribution in [3.05, 3.63) is 57.3 Å². The van der Waals surface area contributed by atoms with Gasteiger partial charge in [0.05, 0.1) is 11.7 Å². The van der Waals surface area contributed by atoms with E-state index in [9.17, 15) is 0 Å². The number of thiophene rings is 1. The molecule has 2 aromatic heterocycles. The van der Waals surface area contributed by atoms with Crippen molar-refractivity contribution in [3.63, 3.8) is 0 Å². The first-order valence-electron chi connectivity index (χ1n) is 6.72. The van der Waals surface area contributed by atoms with Gasteiger partial charge in [0.15, 0.2) is 0 Å². The highest BCUT2D eigenvalue weighted by molar-refractivity contribution is 9.10. The number of rotatable bonds is 6. The van der Waals surface area contributed by atoms with Crippen LogP contribution in [0.25, 0.3) is 10.9 Å². The average Bonchev–Trinajstić information content (AvgIpc) is 2.92. The maximum absolute atomic E-state index is 5.73. The molecular formula is C16H15BrN2OS. The largest absolute Gasteiger partial charge is 0.491 e. The van der Waals surface area contributed by atoms with Gasteiger partial charge < -0.3 is 10.1 Å². The molecule has 0 spiro atoms. The van der Waals surface area contributed by atoms with Gasteiger partial charge in [0, 0.05) is 33.2 Å². The van der Waals surface area contributed by atoms with Crippen molar-refractivity contribution in [2.45, 2.75) is 6.54 Å². The second kappa shape index (κ2) is 7.02. The van der Waals surface area contributed by atoms with Crippen LogP contribution < -0.4 is 10.1 Å². The number of aromatic nitrogens is 1. The molecule has 1 aromatic carbocycles. The van der Waals surface area contributed by atoms with Gasteiger partial charge in [-0.3, -0.25) is 4.98 Å². The zero-order valence-electron chi connectivity index (χ0n) is 11.4. The molecule has 0 aliphatic heterocycles. The van der Waals surface area contributed by atoms with Crippen LogP contribution in [-0.2, 0) is 6.54 Å². The molecule has 5 heteroatoms. The minimum Gasteiger partial charge on any atom is -0.491 e. The molecule has 0 saturated carbocycles. The van der Waals surface area contributed by atoms with E-state index in [1.807, 2.05) is 30.3 Å². The lowest BCUT2D eigenvalue weighted by molar-refractivity contribution is 0.313. The number of para-hydroxylation sites is 1. The Morgan fingerprint density at radius 3 is 3.00 bits per heavy atom. The highest BCUT2D eigenvalue weighted by Gasteiger charge is 1.99. The van der Waals surface area contributed by atoms with Gasteiger partial charge in [0.2, 0.25) is 0 Å². The van der Waals surface area contributed by atoms with Crippen molar-refractivity contribution in [3.8, 4) is 5.75 Å². The summed E-state index contributed by atoms with van der Waals surface area (Å²) >= 11 is 5.20.